The van der Waals surface area contributed by atoms with Crippen molar-refractivity contribution < 1.29 is 4.79 Å². The lowest BCUT2D eigenvalue weighted by Crippen LogP contribution is -2.39. The van der Waals surface area contributed by atoms with Crippen LogP contribution in [0.3, 0.4) is 0 Å². The first-order valence-electron chi connectivity index (χ1n) is 12.6. The van der Waals surface area contributed by atoms with Gasteiger partial charge in [0.1, 0.15) is 0 Å². The van der Waals surface area contributed by atoms with Gasteiger partial charge in [-0.1, -0.05) is 24.3 Å². The van der Waals surface area contributed by atoms with Gasteiger partial charge < -0.3 is 20.5 Å². The smallest absolute Gasteiger partial charge is 0.227 e. The minimum absolute atomic E-state index is 0.0407. The zero-order valence-electron chi connectivity index (χ0n) is 21.0. The SMILES string of the molecule is CC(=O)NC1CCC(Nc2nc(NCc3ccc(-c4ccsc4)cc3)c3ncn(C(C)C)c3n2)CC1. The summed E-state index contributed by atoms with van der Waals surface area (Å²) in [5.74, 6) is 1.39. The van der Waals surface area contributed by atoms with Crippen LogP contribution in [0.2, 0.25) is 0 Å². The van der Waals surface area contributed by atoms with Crippen molar-refractivity contribution in [2.45, 2.75) is 71.1 Å². The maximum Gasteiger partial charge on any atom is 0.227 e. The van der Waals surface area contributed by atoms with E-state index in [-0.39, 0.29) is 24.0 Å². The maximum atomic E-state index is 11.4. The van der Waals surface area contributed by atoms with Crippen LogP contribution >= 0.6 is 11.3 Å². The van der Waals surface area contributed by atoms with Crippen molar-refractivity contribution in [2.24, 2.45) is 0 Å². The molecule has 0 unspecified atom stereocenters. The molecule has 1 aromatic carbocycles. The van der Waals surface area contributed by atoms with E-state index in [2.05, 4.69) is 80.4 Å². The number of anilines is 2. The molecule has 188 valence electrons. The van der Waals surface area contributed by atoms with Gasteiger partial charge in [-0.25, -0.2) is 4.98 Å². The van der Waals surface area contributed by atoms with Crippen molar-refractivity contribution >= 4 is 40.2 Å². The number of nitrogens with zero attached hydrogens (tertiary/aromatic N) is 4. The average Bonchev–Trinajstić information content (AvgIpc) is 3.54. The quantitative estimate of drug-likeness (QED) is 0.289. The predicted octanol–water partition coefficient (Wildman–Crippen LogP) is 5.61. The van der Waals surface area contributed by atoms with Crippen LogP contribution in [0.5, 0.6) is 0 Å². The Bertz CT molecular complexity index is 1310. The summed E-state index contributed by atoms with van der Waals surface area (Å²) in [5, 5.41) is 14.4. The second kappa shape index (κ2) is 10.7. The largest absolute Gasteiger partial charge is 0.364 e. The summed E-state index contributed by atoms with van der Waals surface area (Å²) in [7, 11) is 0. The Morgan fingerprint density at radius 2 is 1.81 bits per heavy atom. The molecule has 0 aliphatic heterocycles. The van der Waals surface area contributed by atoms with Gasteiger partial charge in [-0.15, -0.1) is 0 Å². The van der Waals surface area contributed by atoms with E-state index in [0.717, 1.165) is 42.7 Å². The Labute approximate surface area is 215 Å². The van der Waals surface area contributed by atoms with Crippen molar-refractivity contribution in [3.8, 4) is 11.1 Å². The van der Waals surface area contributed by atoms with E-state index in [1.807, 2.05) is 6.33 Å². The fourth-order valence-corrected chi connectivity index (χ4v) is 5.43. The summed E-state index contributed by atoms with van der Waals surface area (Å²) < 4.78 is 2.08. The fourth-order valence-electron chi connectivity index (χ4n) is 4.76. The first-order valence-corrected chi connectivity index (χ1v) is 13.5. The highest BCUT2D eigenvalue weighted by Crippen LogP contribution is 2.27. The molecule has 5 rings (SSSR count). The number of rotatable bonds is 8. The Balaban J connectivity index is 1.33. The summed E-state index contributed by atoms with van der Waals surface area (Å²) in [6.07, 6.45) is 5.68. The van der Waals surface area contributed by atoms with Crippen LogP contribution in [0, 0.1) is 0 Å². The number of thiophene rings is 1. The number of hydrogen-bond donors (Lipinski definition) is 3. The zero-order valence-corrected chi connectivity index (χ0v) is 21.8. The summed E-state index contributed by atoms with van der Waals surface area (Å²) >= 11 is 1.71. The molecule has 1 fully saturated rings. The monoisotopic (exact) mass is 503 g/mol. The average molecular weight is 504 g/mol. The topological polar surface area (TPSA) is 96.8 Å². The molecule has 36 heavy (non-hydrogen) atoms. The van der Waals surface area contributed by atoms with Crippen LogP contribution in [0.15, 0.2) is 47.4 Å². The number of nitrogens with one attached hydrogen (secondary N) is 3. The normalized spacial score (nSPS) is 17.9. The molecule has 0 bridgehead atoms. The molecule has 0 saturated heterocycles. The van der Waals surface area contributed by atoms with Crippen molar-refractivity contribution in [2.75, 3.05) is 10.6 Å². The lowest BCUT2D eigenvalue weighted by molar-refractivity contribution is -0.119. The van der Waals surface area contributed by atoms with Gasteiger partial charge in [0.2, 0.25) is 11.9 Å². The number of carbonyl (C=O) groups excluding carboxylic acids is 1. The predicted molar refractivity (Wildman–Crippen MR) is 146 cm³/mol. The Morgan fingerprint density at radius 3 is 2.47 bits per heavy atom. The summed E-state index contributed by atoms with van der Waals surface area (Å²) in [6, 6.07) is 11.5. The highest BCUT2D eigenvalue weighted by molar-refractivity contribution is 7.08. The van der Waals surface area contributed by atoms with E-state index < -0.39 is 0 Å². The molecule has 0 radical (unpaired) electrons. The van der Waals surface area contributed by atoms with Crippen LogP contribution in [0.4, 0.5) is 11.8 Å². The van der Waals surface area contributed by atoms with Crippen LogP contribution in [0.25, 0.3) is 22.3 Å². The molecule has 1 amide bonds. The van der Waals surface area contributed by atoms with E-state index in [1.54, 1.807) is 18.3 Å². The third-order valence-electron chi connectivity index (χ3n) is 6.71. The third-order valence-corrected chi connectivity index (χ3v) is 7.40. The fraction of sp³-hybridized carbons (Fsp3) is 0.407. The lowest BCUT2D eigenvalue weighted by atomic mass is 9.91. The minimum Gasteiger partial charge on any atom is -0.364 e. The molecule has 0 spiro atoms. The Hall–Kier alpha value is -3.46. The van der Waals surface area contributed by atoms with Crippen molar-refractivity contribution in [1.82, 2.24) is 24.8 Å². The molecule has 4 aromatic rings. The number of aromatic nitrogens is 4. The standard InChI is InChI=1S/C27H33N7OS/c1-17(2)34-16-29-24-25(28-14-19-4-6-20(7-5-19)21-12-13-36-15-21)32-27(33-26(24)34)31-23-10-8-22(9-11-23)30-18(3)35/h4-7,12-13,15-17,22-23H,8-11,14H2,1-3H3,(H,30,35)(H2,28,31,32,33). The Kier molecular flexibility index (Phi) is 7.18. The van der Waals surface area contributed by atoms with Crippen molar-refractivity contribution in [3.63, 3.8) is 0 Å². The maximum absolute atomic E-state index is 11.4. The van der Waals surface area contributed by atoms with Gasteiger partial charge in [-0.2, -0.15) is 21.3 Å². The van der Waals surface area contributed by atoms with E-state index in [4.69, 9.17) is 9.97 Å². The van der Waals surface area contributed by atoms with Crippen LogP contribution in [0.1, 0.15) is 58.1 Å². The van der Waals surface area contributed by atoms with Gasteiger partial charge in [0.15, 0.2) is 17.0 Å². The first kappa shape index (κ1) is 24.2. The Morgan fingerprint density at radius 1 is 1.06 bits per heavy atom. The second-order valence-corrected chi connectivity index (χ2v) is 10.5. The summed E-state index contributed by atoms with van der Waals surface area (Å²) in [5.41, 5.74) is 5.25. The second-order valence-electron chi connectivity index (χ2n) is 9.77. The number of fused-ring (bicyclic) bond motifs is 1. The molecule has 0 atom stereocenters. The highest BCUT2D eigenvalue weighted by atomic mass is 32.1. The van der Waals surface area contributed by atoms with Crippen LogP contribution in [-0.4, -0.2) is 37.5 Å². The van der Waals surface area contributed by atoms with Crippen LogP contribution < -0.4 is 16.0 Å². The van der Waals surface area contributed by atoms with Gasteiger partial charge in [0, 0.05) is 31.6 Å². The van der Waals surface area contributed by atoms with Gasteiger partial charge in [-0.3, -0.25) is 4.79 Å². The molecule has 1 aliphatic carbocycles. The molecular formula is C27H33N7OS. The van der Waals surface area contributed by atoms with Crippen molar-refractivity contribution in [3.05, 3.63) is 53.0 Å². The van der Waals surface area contributed by atoms with Crippen LogP contribution in [-0.2, 0) is 11.3 Å². The van der Waals surface area contributed by atoms with E-state index in [1.165, 1.54) is 16.7 Å². The lowest BCUT2D eigenvalue weighted by Gasteiger charge is -2.29. The number of imidazole rings is 1. The van der Waals surface area contributed by atoms with Gasteiger partial charge in [0.05, 0.1) is 6.33 Å². The third kappa shape index (κ3) is 5.51. The number of amides is 1. The van der Waals surface area contributed by atoms with Gasteiger partial charge in [-0.05, 0) is 73.0 Å². The van der Waals surface area contributed by atoms with E-state index in [9.17, 15) is 4.79 Å². The van der Waals surface area contributed by atoms with Gasteiger partial charge in [0.25, 0.3) is 0 Å². The number of carbonyl (C=O) groups is 1. The van der Waals surface area contributed by atoms with E-state index in [0.29, 0.717) is 12.5 Å². The van der Waals surface area contributed by atoms with E-state index >= 15 is 0 Å². The summed E-state index contributed by atoms with van der Waals surface area (Å²) in [6.45, 7) is 6.48. The number of hydrogen-bond acceptors (Lipinski definition) is 7. The minimum atomic E-state index is 0.0407. The van der Waals surface area contributed by atoms with Gasteiger partial charge >= 0.3 is 0 Å². The first-order chi connectivity index (χ1) is 17.5. The highest BCUT2D eigenvalue weighted by Gasteiger charge is 2.23. The molecule has 9 heteroatoms. The molecule has 8 nitrogen and oxygen atoms in total. The molecule has 3 aromatic heterocycles. The van der Waals surface area contributed by atoms with Crippen molar-refractivity contribution in [1.29, 1.82) is 0 Å². The number of benzene rings is 1. The molecule has 3 N–H and O–H groups in total. The molecular weight excluding hydrogens is 470 g/mol. The summed E-state index contributed by atoms with van der Waals surface area (Å²) in [4.78, 5) is 25.7. The molecule has 1 aliphatic rings. The molecule has 1 saturated carbocycles. The molecule has 3 heterocycles. The zero-order chi connectivity index (χ0) is 25.1.